The van der Waals surface area contributed by atoms with E-state index in [9.17, 15) is 19.5 Å². The zero-order chi connectivity index (χ0) is 23.3. The molecule has 1 aliphatic carbocycles. The number of carboxylic acid groups (broad SMARTS) is 1. The van der Waals surface area contributed by atoms with E-state index in [-0.39, 0.29) is 23.7 Å². The lowest BCUT2D eigenvalue weighted by Gasteiger charge is -2.40. The molecule has 2 aliphatic heterocycles. The van der Waals surface area contributed by atoms with Crippen LogP contribution < -0.4 is 4.90 Å². The van der Waals surface area contributed by atoms with Crippen molar-refractivity contribution in [2.24, 2.45) is 11.8 Å². The summed E-state index contributed by atoms with van der Waals surface area (Å²) < 4.78 is 0.998. The third kappa shape index (κ3) is 3.88. The summed E-state index contributed by atoms with van der Waals surface area (Å²) in [5.41, 5.74) is 2.28. The molecule has 2 fully saturated rings. The number of quaternary nitrogens is 1. The molecule has 1 N–H and O–H groups in total. The third-order valence-corrected chi connectivity index (χ3v) is 7.90. The van der Waals surface area contributed by atoms with Crippen LogP contribution in [0.1, 0.15) is 46.4 Å². The molecule has 0 aromatic heterocycles. The lowest BCUT2D eigenvalue weighted by atomic mass is 9.81. The Morgan fingerprint density at radius 2 is 1.61 bits per heavy atom. The molecular weight excluding hydrogens is 418 g/mol. The maximum Gasteiger partial charge on any atom is 0.306 e. The van der Waals surface area contributed by atoms with E-state index in [1.165, 1.54) is 4.90 Å². The van der Waals surface area contributed by atoms with E-state index in [1.54, 1.807) is 0 Å². The second-order valence-corrected chi connectivity index (χ2v) is 10.5. The Balaban J connectivity index is 1.43. The quantitative estimate of drug-likeness (QED) is 0.572. The third-order valence-electron chi connectivity index (χ3n) is 7.90. The highest BCUT2D eigenvalue weighted by Crippen LogP contribution is 2.38. The fraction of sp³-hybridized carbons (Fsp3) is 0.500. The fourth-order valence-corrected chi connectivity index (χ4v) is 5.67. The van der Waals surface area contributed by atoms with Gasteiger partial charge >= 0.3 is 5.97 Å². The smallest absolute Gasteiger partial charge is 0.306 e. The van der Waals surface area contributed by atoms with Gasteiger partial charge in [-0.05, 0) is 49.8 Å². The maximum absolute atomic E-state index is 13.4. The average Bonchev–Trinajstić information content (AvgIpc) is 2.80. The Hall–Kier alpha value is -2.93. The van der Waals surface area contributed by atoms with Crippen LogP contribution in [-0.2, 0) is 4.79 Å². The first-order chi connectivity index (χ1) is 15.7. The van der Waals surface area contributed by atoms with E-state index in [4.69, 9.17) is 0 Å². The molecule has 5 rings (SSSR count). The molecule has 0 bridgehead atoms. The standard InChI is InChI=1S/C26H31N3O4/c1-29(2)14-12-27(13-15-29)22-11-10-21-23-19(22)4-3-5-20(23)24(30)28(25(21)31)16-17-6-8-18(9-7-17)26(32)33/h3-5,10-11,17-18H,6-9,12-16H2,1-2H3/p+1. The zero-order valence-electron chi connectivity index (χ0n) is 19.4. The van der Waals surface area contributed by atoms with Gasteiger partial charge in [-0.1, -0.05) is 12.1 Å². The van der Waals surface area contributed by atoms with Gasteiger partial charge < -0.3 is 14.5 Å². The van der Waals surface area contributed by atoms with Crippen molar-refractivity contribution in [2.75, 3.05) is 51.7 Å². The molecule has 7 heteroatoms. The molecule has 0 atom stereocenters. The monoisotopic (exact) mass is 450 g/mol. The number of aliphatic carboxylic acids is 1. The van der Waals surface area contributed by atoms with Crippen LogP contribution >= 0.6 is 0 Å². The number of carboxylic acids is 1. The Morgan fingerprint density at radius 3 is 2.24 bits per heavy atom. The molecule has 2 heterocycles. The molecule has 0 unspecified atom stereocenters. The van der Waals surface area contributed by atoms with Gasteiger partial charge in [0.1, 0.15) is 0 Å². The number of rotatable bonds is 4. The van der Waals surface area contributed by atoms with Gasteiger partial charge in [0, 0.05) is 34.1 Å². The second kappa shape index (κ2) is 8.13. The molecule has 174 valence electrons. The first kappa shape index (κ1) is 21.9. The number of hydrogen-bond donors (Lipinski definition) is 1. The summed E-state index contributed by atoms with van der Waals surface area (Å²) in [5, 5.41) is 11.0. The van der Waals surface area contributed by atoms with Crippen molar-refractivity contribution in [3.63, 3.8) is 0 Å². The number of likely N-dealkylation sites (N-methyl/N-ethyl adjacent to an activating group) is 1. The van der Waals surface area contributed by atoms with Crippen LogP contribution in [0.15, 0.2) is 30.3 Å². The number of hydrogen-bond acceptors (Lipinski definition) is 4. The highest BCUT2D eigenvalue weighted by molar-refractivity contribution is 6.26. The number of nitrogens with zero attached hydrogens (tertiary/aromatic N) is 3. The predicted molar refractivity (Wildman–Crippen MR) is 126 cm³/mol. The van der Waals surface area contributed by atoms with Crippen LogP contribution in [0.25, 0.3) is 10.8 Å². The Labute approximate surface area is 194 Å². The summed E-state index contributed by atoms with van der Waals surface area (Å²) in [5.74, 6) is -1.35. The van der Waals surface area contributed by atoms with Crippen molar-refractivity contribution in [3.05, 3.63) is 41.5 Å². The highest BCUT2D eigenvalue weighted by atomic mass is 16.4. The Morgan fingerprint density at radius 1 is 0.970 bits per heavy atom. The summed E-state index contributed by atoms with van der Waals surface area (Å²) in [4.78, 5) is 41.9. The summed E-state index contributed by atoms with van der Waals surface area (Å²) in [6, 6.07) is 9.69. The molecule has 1 saturated heterocycles. The normalized spacial score (nSPS) is 24.9. The van der Waals surface area contributed by atoms with E-state index in [0.29, 0.717) is 30.5 Å². The van der Waals surface area contributed by atoms with E-state index in [1.807, 2.05) is 30.3 Å². The van der Waals surface area contributed by atoms with E-state index in [2.05, 4.69) is 19.0 Å². The fourth-order valence-electron chi connectivity index (χ4n) is 5.67. The largest absolute Gasteiger partial charge is 0.481 e. The molecule has 2 aromatic carbocycles. The van der Waals surface area contributed by atoms with Gasteiger partial charge in [-0.25, -0.2) is 0 Å². The summed E-state index contributed by atoms with van der Waals surface area (Å²) in [6.45, 7) is 4.36. The molecule has 0 radical (unpaired) electrons. The summed E-state index contributed by atoms with van der Waals surface area (Å²) in [7, 11) is 4.49. The van der Waals surface area contributed by atoms with Gasteiger partial charge in [0.05, 0.1) is 46.2 Å². The van der Waals surface area contributed by atoms with Crippen LogP contribution in [0.5, 0.6) is 0 Å². The SMILES string of the molecule is C[N+]1(C)CCN(c2ccc3c4c(cccc24)C(=O)N(CC2CCC(C(=O)O)CC2)C3=O)CC1. The molecule has 2 amide bonds. The molecule has 3 aliphatic rings. The predicted octanol–water partition coefficient (Wildman–Crippen LogP) is 3.22. The lowest BCUT2D eigenvalue weighted by Crippen LogP contribution is -2.55. The molecule has 0 spiro atoms. The van der Waals surface area contributed by atoms with Crippen molar-refractivity contribution in [1.82, 2.24) is 4.90 Å². The van der Waals surface area contributed by atoms with Crippen molar-refractivity contribution in [3.8, 4) is 0 Å². The zero-order valence-corrected chi connectivity index (χ0v) is 19.4. The number of carbonyl (C=O) groups excluding carboxylic acids is 2. The minimum Gasteiger partial charge on any atom is -0.481 e. The number of anilines is 1. The molecular formula is C26H32N3O4+. The molecule has 2 aromatic rings. The van der Waals surface area contributed by atoms with Gasteiger partial charge in [0.2, 0.25) is 0 Å². The number of amides is 2. The first-order valence-electron chi connectivity index (χ1n) is 12.0. The first-order valence-corrected chi connectivity index (χ1v) is 12.0. The second-order valence-electron chi connectivity index (χ2n) is 10.5. The van der Waals surface area contributed by atoms with Crippen molar-refractivity contribution in [1.29, 1.82) is 0 Å². The average molecular weight is 451 g/mol. The van der Waals surface area contributed by atoms with Crippen LogP contribution in [0.4, 0.5) is 5.69 Å². The number of benzene rings is 2. The minimum atomic E-state index is -0.744. The van der Waals surface area contributed by atoms with Crippen molar-refractivity contribution in [2.45, 2.75) is 25.7 Å². The number of carbonyl (C=O) groups is 3. The van der Waals surface area contributed by atoms with E-state index in [0.717, 1.165) is 60.0 Å². The van der Waals surface area contributed by atoms with Crippen LogP contribution in [-0.4, -0.2) is 79.1 Å². The number of piperazine rings is 1. The van der Waals surface area contributed by atoms with E-state index < -0.39 is 5.97 Å². The Bertz CT molecular complexity index is 1100. The van der Waals surface area contributed by atoms with Gasteiger partial charge in [-0.2, -0.15) is 0 Å². The van der Waals surface area contributed by atoms with Gasteiger partial charge in [-0.15, -0.1) is 0 Å². The molecule has 33 heavy (non-hydrogen) atoms. The Kier molecular flexibility index (Phi) is 5.40. The highest BCUT2D eigenvalue weighted by Gasteiger charge is 2.37. The molecule has 1 saturated carbocycles. The summed E-state index contributed by atoms with van der Waals surface area (Å²) in [6.07, 6.45) is 2.68. The van der Waals surface area contributed by atoms with Crippen LogP contribution in [0, 0.1) is 11.8 Å². The van der Waals surface area contributed by atoms with Crippen molar-refractivity contribution >= 4 is 34.2 Å². The minimum absolute atomic E-state index is 0.156. The topological polar surface area (TPSA) is 77.9 Å². The van der Waals surface area contributed by atoms with E-state index >= 15 is 0 Å². The van der Waals surface area contributed by atoms with Crippen molar-refractivity contribution < 1.29 is 24.0 Å². The summed E-state index contributed by atoms with van der Waals surface area (Å²) >= 11 is 0. The lowest BCUT2D eigenvalue weighted by molar-refractivity contribution is -0.890. The van der Waals surface area contributed by atoms with Gasteiger partial charge in [0.25, 0.3) is 11.8 Å². The van der Waals surface area contributed by atoms with Gasteiger partial charge in [-0.3, -0.25) is 19.3 Å². The van der Waals surface area contributed by atoms with Crippen LogP contribution in [0.2, 0.25) is 0 Å². The van der Waals surface area contributed by atoms with Gasteiger partial charge in [0.15, 0.2) is 0 Å². The van der Waals surface area contributed by atoms with Crippen LogP contribution in [0.3, 0.4) is 0 Å². The number of imide groups is 1. The maximum atomic E-state index is 13.4. The molecule has 7 nitrogen and oxygen atoms in total.